The number of anilines is 1. The first kappa shape index (κ1) is 28.3. The zero-order valence-corrected chi connectivity index (χ0v) is 23.4. The largest absolute Gasteiger partial charge is 0.477 e. The molecule has 1 aliphatic carbocycles. The molecular formula is C27H34F3N7O2S. The van der Waals surface area contributed by atoms with Crippen LogP contribution in [0.4, 0.5) is 19.0 Å². The number of alkyl halides is 3. The molecule has 3 N–H and O–H groups in total. The van der Waals surface area contributed by atoms with Gasteiger partial charge in [-0.25, -0.2) is 9.67 Å². The second-order valence-electron chi connectivity index (χ2n) is 11.3. The molecule has 1 atom stereocenters. The second kappa shape index (κ2) is 11.0. The Balaban J connectivity index is 1.39. The molecule has 40 heavy (non-hydrogen) atoms. The van der Waals surface area contributed by atoms with Crippen molar-refractivity contribution < 1.29 is 22.7 Å². The number of hydrogen-bond donors (Lipinski definition) is 2. The minimum Gasteiger partial charge on any atom is -0.477 e. The average Bonchev–Trinajstić information content (AvgIpc) is 3.46. The van der Waals surface area contributed by atoms with E-state index in [1.165, 1.54) is 10.9 Å². The third-order valence-electron chi connectivity index (χ3n) is 7.95. The molecule has 2 bridgehead atoms. The monoisotopic (exact) mass is 577 g/mol. The van der Waals surface area contributed by atoms with E-state index in [2.05, 4.69) is 33.6 Å². The average molecular weight is 578 g/mol. The van der Waals surface area contributed by atoms with Gasteiger partial charge in [0.1, 0.15) is 5.82 Å². The molecule has 1 unspecified atom stereocenters. The highest BCUT2D eigenvalue weighted by molar-refractivity contribution is 8.02. The summed E-state index contributed by atoms with van der Waals surface area (Å²) in [5, 5.41) is 4.39. The molecule has 2 aromatic rings. The minimum absolute atomic E-state index is 0.0702. The fraction of sp³-hybridized carbons (Fsp3) is 0.556. The molecule has 216 valence electrons. The number of carbonyl (C=O) groups is 1. The van der Waals surface area contributed by atoms with Crippen molar-refractivity contribution in [3.8, 4) is 11.7 Å². The molecule has 13 heteroatoms. The van der Waals surface area contributed by atoms with Gasteiger partial charge in [0.15, 0.2) is 5.82 Å². The van der Waals surface area contributed by atoms with Crippen LogP contribution >= 0.6 is 11.9 Å². The number of amides is 1. The smallest absolute Gasteiger partial charge is 0.394 e. The number of fused-ring (bicyclic) bond motifs is 4. The number of halogens is 3. The number of aliphatic imine (C=N–C) groups is 1. The van der Waals surface area contributed by atoms with Gasteiger partial charge in [0.25, 0.3) is 5.91 Å². The maximum absolute atomic E-state index is 13.3. The van der Waals surface area contributed by atoms with Crippen molar-refractivity contribution in [1.82, 2.24) is 19.5 Å². The molecular weight excluding hydrogens is 543 g/mol. The van der Waals surface area contributed by atoms with Gasteiger partial charge in [0.05, 0.1) is 22.5 Å². The first-order valence-electron chi connectivity index (χ1n) is 13.4. The van der Waals surface area contributed by atoms with Crippen molar-refractivity contribution in [2.24, 2.45) is 22.1 Å². The standard InChI is InChI=1S/C27H34F3N7O2S/c1-25(2)14-18-4-3-11-32-16-19(15-31)40-35-24(38)20-5-6-21(33-23(20)36(25)17-18)37-12-7-22(34-37)39-13-10-26(8-9-26)27(28,29)30/h5-7,12,15-16,18H,3-4,8-11,13-14,17,31H2,1-2H3,(H,35,38). The minimum atomic E-state index is -4.21. The fourth-order valence-electron chi connectivity index (χ4n) is 5.48. The molecule has 0 spiro atoms. The number of nitrogens with two attached hydrogens (primary N) is 1. The second-order valence-corrected chi connectivity index (χ2v) is 12.2. The Morgan fingerprint density at radius 3 is 2.80 bits per heavy atom. The van der Waals surface area contributed by atoms with E-state index in [1.807, 2.05) is 0 Å². The highest BCUT2D eigenvalue weighted by atomic mass is 32.2. The van der Waals surface area contributed by atoms with Crippen LogP contribution in [0.15, 0.2) is 40.5 Å². The topological polar surface area (TPSA) is 111 Å². The summed E-state index contributed by atoms with van der Waals surface area (Å²) in [4.78, 5) is 25.5. The first-order chi connectivity index (χ1) is 19.0. The molecule has 5 rings (SSSR count). The summed E-state index contributed by atoms with van der Waals surface area (Å²) in [5.41, 5.74) is 4.28. The van der Waals surface area contributed by atoms with Gasteiger partial charge in [-0.2, -0.15) is 13.2 Å². The number of ether oxygens (including phenoxy) is 1. The molecule has 0 radical (unpaired) electrons. The summed E-state index contributed by atoms with van der Waals surface area (Å²) in [6, 6.07) is 5.00. The van der Waals surface area contributed by atoms with Crippen molar-refractivity contribution in [1.29, 1.82) is 0 Å². The molecule has 3 aliphatic rings. The quantitative estimate of drug-likeness (QED) is 0.480. The summed E-state index contributed by atoms with van der Waals surface area (Å²) in [5.74, 6) is 1.35. The summed E-state index contributed by atoms with van der Waals surface area (Å²) in [6.45, 7) is 5.67. The zero-order valence-electron chi connectivity index (χ0n) is 22.6. The fourth-order valence-corrected chi connectivity index (χ4v) is 6.00. The lowest BCUT2D eigenvalue weighted by atomic mass is 9.93. The van der Waals surface area contributed by atoms with Crippen molar-refractivity contribution in [3.05, 3.63) is 41.1 Å². The van der Waals surface area contributed by atoms with Crippen LogP contribution in [0.25, 0.3) is 5.82 Å². The highest BCUT2D eigenvalue weighted by Gasteiger charge is 2.62. The molecule has 4 heterocycles. The molecule has 0 aromatic carbocycles. The SMILES string of the molecule is CC1(C)CC2CCCN=CC(=CN)SNC(=O)c3ccc(-n4ccc(OCCC5(C(F)(F)F)CC5)n4)nc3N1C2. The maximum atomic E-state index is 13.3. The van der Waals surface area contributed by atoms with Gasteiger partial charge >= 0.3 is 6.18 Å². The van der Waals surface area contributed by atoms with Crippen LogP contribution in [0.2, 0.25) is 0 Å². The van der Waals surface area contributed by atoms with Crippen molar-refractivity contribution in [2.45, 2.75) is 64.1 Å². The molecule has 9 nitrogen and oxygen atoms in total. The Morgan fingerprint density at radius 2 is 2.08 bits per heavy atom. The number of hydrogen-bond acceptors (Lipinski definition) is 8. The first-order valence-corrected chi connectivity index (χ1v) is 14.3. The van der Waals surface area contributed by atoms with E-state index in [4.69, 9.17) is 15.5 Å². The maximum Gasteiger partial charge on any atom is 0.394 e. The van der Waals surface area contributed by atoms with Gasteiger partial charge in [-0.05, 0) is 82.4 Å². The van der Waals surface area contributed by atoms with Crippen LogP contribution < -0.4 is 20.1 Å². The number of rotatable bonds is 5. The number of pyridine rings is 1. The van der Waals surface area contributed by atoms with Gasteiger partial charge in [0.2, 0.25) is 5.88 Å². The lowest BCUT2D eigenvalue weighted by Crippen LogP contribution is -2.40. The summed E-state index contributed by atoms with van der Waals surface area (Å²) in [7, 11) is 0. The van der Waals surface area contributed by atoms with Crippen LogP contribution in [-0.4, -0.2) is 58.3 Å². The molecule has 2 aliphatic heterocycles. The van der Waals surface area contributed by atoms with Crippen LogP contribution in [0.1, 0.15) is 62.7 Å². The molecule has 1 saturated heterocycles. The van der Waals surface area contributed by atoms with E-state index in [0.29, 0.717) is 34.6 Å². The van der Waals surface area contributed by atoms with E-state index in [-0.39, 0.29) is 43.2 Å². The van der Waals surface area contributed by atoms with Gasteiger partial charge in [0, 0.05) is 43.3 Å². The van der Waals surface area contributed by atoms with Crippen molar-refractivity contribution >= 4 is 29.9 Å². The van der Waals surface area contributed by atoms with Gasteiger partial charge in [-0.3, -0.25) is 14.5 Å². The van der Waals surface area contributed by atoms with Crippen LogP contribution in [-0.2, 0) is 0 Å². The van der Waals surface area contributed by atoms with Gasteiger partial charge in [-0.15, -0.1) is 5.10 Å². The third kappa shape index (κ3) is 5.93. The van der Waals surface area contributed by atoms with Crippen LogP contribution in [0.3, 0.4) is 0 Å². The van der Waals surface area contributed by atoms with E-state index in [9.17, 15) is 18.0 Å². The third-order valence-corrected chi connectivity index (χ3v) is 8.71. The summed E-state index contributed by atoms with van der Waals surface area (Å²) in [6.07, 6.45) is 3.61. The molecule has 2 aromatic heterocycles. The number of aromatic nitrogens is 3. The lowest BCUT2D eigenvalue weighted by molar-refractivity contribution is -0.190. The van der Waals surface area contributed by atoms with Crippen molar-refractivity contribution in [3.63, 3.8) is 0 Å². The Hall–Kier alpha value is -3.22. The van der Waals surface area contributed by atoms with Crippen LogP contribution in [0, 0.1) is 11.3 Å². The Bertz CT molecular complexity index is 1300. The predicted octanol–water partition coefficient (Wildman–Crippen LogP) is 5.03. The number of carbonyl (C=O) groups excluding carboxylic acids is 1. The van der Waals surface area contributed by atoms with Crippen LogP contribution in [0.5, 0.6) is 5.88 Å². The zero-order chi connectivity index (χ0) is 28.5. The Labute approximate surface area is 235 Å². The van der Waals surface area contributed by atoms with E-state index < -0.39 is 11.6 Å². The Morgan fingerprint density at radius 1 is 1.27 bits per heavy atom. The predicted molar refractivity (Wildman–Crippen MR) is 149 cm³/mol. The highest BCUT2D eigenvalue weighted by Crippen LogP contribution is 2.59. The van der Waals surface area contributed by atoms with E-state index in [1.54, 1.807) is 30.6 Å². The van der Waals surface area contributed by atoms with Crippen molar-refractivity contribution in [2.75, 3.05) is 24.6 Å². The van der Waals surface area contributed by atoms with E-state index in [0.717, 1.165) is 37.8 Å². The van der Waals surface area contributed by atoms with Gasteiger partial charge < -0.3 is 15.4 Å². The molecule has 2 fully saturated rings. The summed E-state index contributed by atoms with van der Waals surface area (Å²) < 4.78 is 49.6. The van der Waals surface area contributed by atoms with E-state index >= 15 is 0 Å². The summed E-state index contributed by atoms with van der Waals surface area (Å²) >= 11 is 1.09. The number of nitrogens with one attached hydrogen (secondary N) is 1. The number of allylic oxidation sites excluding steroid dienone is 1. The molecule has 1 amide bonds. The normalized spacial score (nSPS) is 23.4. The Kier molecular flexibility index (Phi) is 7.77. The molecule has 1 saturated carbocycles. The van der Waals surface area contributed by atoms with Gasteiger partial charge in [-0.1, -0.05) is 0 Å². The number of nitrogens with zero attached hydrogens (tertiary/aromatic N) is 5. The lowest BCUT2D eigenvalue weighted by Gasteiger charge is -2.34.